The van der Waals surface area contributed by atoms with Gasteiger partial charge in [-0.15, -0.1) is 0 Å². The summed E-state index contributed by atoms with van der Waals surface area (Å²) in [4.78, 5) is 79.4. The van der Waals surface area contributed by atoms with E-state index in [0.29, 0.717) is 50.2 Å². The summed E-state index contributed by atoms with van der Waals surface area (Å²) in [6.45, 7) is 6.64. The number of aliphatic hydroxyl groups excluding tert-OH is 1. The van der Waals surface area contributed by atoms with Crippen LogP contribution in [0.1, 0.15) is 82.6 Å². The Kier molecular flexibility index (Phi) is 18.9. The average molecular weight is 1100 g/mol. The van der Waals surface area contributed by atoms with Gasteiger partial charge in [0.1, 0.15) is 35.6 Å². The predicted molar refractivity (Wildman–Crippen MR) is 279 cm³/mol. The quantitative estimate of drug-likeness (QED) is 0.0454. The minimum atomic E-state index is -5.06. The third-order valence-electron chi connectivity index (χ3n) is 14.4. The van der Waals surface area contributed by atoms with Gasteiger partial charge in [-0.3, -0.25) is 24.8 Å². The molecule has 1 unspecified atom stereocenters. The highest BCUT2D eigenvalue weighted by molar-refractivity contribution is 5.87. The Morgan fingerprint density at radius 3 is 1.97 bits per heavy atom. The van der Waals surface area contributed by atoms with Crippen LogP contribution in [0.4, 0.5) is 37.4 Å². The van der Waals surface area contributed by atoms with Crippen molar-refractivity contribution in [2.24, 2.45) is 10.8 Å². The summed E-state index contributed by atoms with van der Waals surface area (Å²) in [7, 11) is 1.98. The molecule has 2 aromatic carbocycles. The minimum absolute atomic E-state index is 0.0769. The first-order valence-electron chi connectivity index (χ1n) is 25.8. The van der Waals surface area contributed by atoms with Gasteiger partial charge < -0.3 is 45.1 Å². The molecule has 3 aliphatic heterocycles. The molecule has 2 bridgehead atoms. The molecule has 7 rings (SSSR count). The number of methoxy groups -OCH3 is 2. The molecule has 2 aromatic heterocycles. The summed E-state index contributed by atoms with van der Waals surface area (Å²) < 4.78 is 90.8. The number of anilines is 1. The fourth-order valence-corrected chi connectivity index (χ4v) is 9.82. The van der Waals surface area contributed by atoms with Crippen molar-refractivity contribution < 1.29 is 65.2 Å². The zero-order valence-corrected chi connectivity index (χ0v) is 45.0. The van der Waals surface area contributed by atoms with Crippen LogP contribution in [0.5, 0.6) is 0 Å². The third-order valence-corrected chi connectivity index (χ3v) is 14.4. The van der Waals surface area contributed by atoms with Crippen LogP contribution in [0.15, 0.2) is 79.1 Å². The van der Waals surface area contributed by atoms with Crippen LogP contribution in [0, 0.1) is 34.3 Å². The molecule has 7 atom stereocenters. The molecular weight excluding hydrogens is 1040 g/mol. The fourth-order valence-electron chi connectivity index (χ4n) is 9.82. The number of carbonyl (C=O) groups is 5. The Morgan fingerprint density at radius 2 is 1.43 bits per heavy atom. The number of nitrogens with one attached hydrogen (secondary N) is 4. The van der Waals surface area contributed by atoms with E-state index in [9.17, 15) is 42.3 Å². The Hall–Kier alpha value is -7.42. The van der Waals surface area contributed by atoms with Crippen LogP contribution in [0.3, 0.4) is 0 Å². The largest absolute Gasteiger partial charge is 0.453 e. The van der Waals surface area contributed by atoms with Gasteiger partial charge in [0.2, 0.25) is 5.91 Å². The first-order valence-corrected chi connectivity index (χ1v) is 25.8. The molecule has 3 aliphatic rings. The molecule has 424 valence electrons. The van der Waals surface area contributed by atoms with Gasteiger partial charge in [0.25, 0.3) is 11.8 Å². The highest BCUT2D eigenvalue weighted by Crippen LogP contribution is 2.41. The van der Waals surface area contributed by atoms with E-state index in [1.54, 1.807) is 63.4 Å². The van der Waals surface area contributed by atoms with Gasteiger partial charge in [-0.1, -0.05) is 50.8 Å². The first-order chi connectivity index (χ1) is 37.4. The second kappa shape index (κ2) is 25.1. The van der Waals surface area contributed by atoms with Crippen molar-refractivity contribution in [1.82, 2.24) is 41.3 Å². The van der Waals surface area contributed by atoms with E-state index >= 15 is 8.78 Å². The maximum atomic E-state index is 16.0. The van der Waals surface area contributed by atoms with Gasteiger partial charge in [0.15, 0.2) is 0 Å². The number of hydrogen-bond acceptors (Lipinski definition) is 13. The van der Waals surface area contributed by atoms with Crippen LogP contribution in [0.2, 0.25) is 0 Å². The maximum Gasteiger partial charge on any atom is 0.407 e. The second-order valence-electron chi connectivity index (χ2n) is 21.5. The topological polar surface area (TPSA) is 217 Å². The Morgan fingerprint density at radius 1 is 0.810 bits per heavy atom. The number of amides is 5. The summed E-state index contributed by atoms with van der Waals surface area (Å²) >= 11 is 0. The van der Waals surface area contributed by atoms with E-state index in [4.69, 9.17) is 9.47 Å². The van der Waals surface area contributed by atoms with Crippen LogP contribution in [-0.4, -0.2) is 144 Å². The van der Waals surface area contributed by atoms with Crippen molar-refractivity contribution in [3.05, 3.63) is 113 Å². The zero-order chi connectivity index (χ0) is 57.4. The molecular formula is C56H66F5N9O9. The molecule has 23 heteroatoms. The Balaban J connectivity index is 1.14. The molecule has 0 saturated carbocycles. The monoisotopic (exact) mass is 1100 g/mol. The lowest BCUT2D eigenvalue weighted by molar-refractivity contribution is -0.220. The molecule has 4 aromatic rings. The molecule has 3 fully saturated rings. The molecule has 5 amide bonds. The number of piperazine rings is 1. The number of hydrazine groups is 1. The maximum absolute atomic E-state index is 16.0. The lowest BCUT2D eigenvalue weighted by atomic mass is 9.82. The zero-order valence-electron chi connectivity index (χ0n) is 45.0. The number of nitrogens with zero attached hydrogens (tertiary/aromatic N) is 5. The number of halogens is 5. The fraction of sp³-hybridized carbons (Fsp3) is 0.482. The number of rotatable bonds is 17. The number of hydrogen-bond donors (Lipinski definition) is 5. The molecule has 0 aliphatic carbocycles. The summed E-state index contributed by atoms with van der Waals surface area (Å²) in [5.74, 6) is 2.57. The van der Waals surface area contributed by atoms with Gasteiger partial charge in [-0.2, -0.15) is 13.2 Å². The molecule has 18 nitrogen and oxygen atoms in total. The minimum Gasteiger partial charge on any atom is -0.453 e. The van der Waals surface area contributed by atoms with Gasteiger partial charge in [0.05, 0.1) is 37.5 Å². The molecule has 79 heavy (non-hydrogen) atoms. The number of aliphatic hydroxyl groups is 1. The van der Waals surface area contributed by atoms with E-state index in [1.807, 2.05) is 22.3 Å². The smallest absolute Gasteiger partial charge is 0.407 e. The lowest BCUT2D eigenvalue weighted by Gasteiger charge is -2.42. The van der Waals surface area contributed by atoms with Crippen molar-refractivity contribution in [3.8, 4) is 23.1 Å². The van der Waals surface area contributed by atoms with Crippen LogP contribution >= 0.6 is 0 Å². The van der Waals surface area contributed by atoms with E-state index in [0.717, 1.165) is 62.9 Å². The second-order valence-corrected chi connectivity index (χ2v) is 21.5. The third kappa shape index (κ3) is 14.6. The number of aromatic nitrogens is 2. The van der Waals surface area contributed by atoms with Crippen LogP contribution in [-0.2, 0) is 41.6 Å². The van der Waals surface area contributed by atoms with E-state index in [-0.39, 0.29) is 41.8 Å². The van der Waals surface area contributed by atoms with Gasteiger partial charge >= 0.3 is 18.4 Å². The summed E-state index contributed by atoms with van der Waals surface area (Å²) in [6, 6.07) is 12.0. The summed E-state index contributed by atoms with van der Waals surface area (Å²) in [5, 5.41) is 19.9. The summed E-state index contributed by atoms with van der Waals surface area (Å²) in [5.41, 5.74) is -0.0597. The number of pyridine rings is 2. The lowest BCUT2D eigenvalue weighted by Crippen LogP contribution is -2.63. The highest BCUT2D eigenvalue weighted by atomic mass is 19.4. The van der Waals surface area contributed by atoms with Crippen molar-refractivity contribution >= 4 is 35.7 Å². The molecule has 3 saturated heterocycles. The van der Waals surface area contributed by atoms with Crippen molar-refractivity contribution in [2.45, 2.75) is 122 Å². The number of alkyl halides is 3. The predicted octanol–water partition coefficient (Wildman–Crippen LogP) is 6.19. The number of ether oxygens (including phenoxy) is 3. The summed E-state index contributed by atoms with van der Waals surface area (Å²) in [6.07, 6.45) is -3.37. The Bertz CT molecular complexity index is 2840. The average Bonchev–Trinajstić information content (AvgIpc) is 4.18. The van der Waals surface area contributed by atoms with Crippen LogP contribution < -0.4 is 26.3 Å². The van der Waals surface area contributed by atoms with Crippen molar-refractivity contribution in [1.29, 1.82) is 0 Å². The van der Waals surface area contributed by atoms with Crippen molar-refractivity contribution in [2.75, 3.05) is 45.4 Å². The number of alkyl carbamates (subject to hydrolysis) is 2. The number of benzene rings is 2. The van der Waals surface area contributed by atoms with Crippen molar-refractivity contribution in [3.63, 3.8) is 0 Å². The molecule has 0 radical (unpaired) electrons. The van der Waals surface area contributed by atoms with Gasteiger partial charge in [-0.25, -0.2) is 28.4 Å². The van der Waals surface area contributed by atoms with E-state index < -0.39 is 95.5 Å². The van der Waals surface area contributed by atoms with Gasteiger partial charge in [0, 0.05) is 79.5 Å². The van der Waals surface area contributed by atoms with Gasteiger partial charge in [-0.05, 0) is 105 Å². The van der Waals surface area contributed by atoms with E-state index in [2.05, 4.69) is 47.5 Å². The standard InChI is InChI=1S/C56H66F5N9O9/c1-54(2,3)47(65-52(75)77-6)50(73)67-69(31-39-40(57)26-36(27-41(39)58)42-11-8-9-23-62-42)32-44(71)43(64-49(72)48(66-53(76)78-7)55(4,5)56(59,60)61)25-34-16-13-33(14-17-34)15-18-35-19-22-46(63-28-35)68-29-37-20-21-38(30-68)70(37)51(74)45-12-10-24-79-45/h8-9,11,13-14,16-17,19,22-23,26-28,37-38,43-45,47-48,71H,10,12,20-21,24-25,29-32H2,1-7H3,(H,64,72)(H,65,75)(H,66,76)(H,67,73)/t37-,38?,43+,44+,45+,47-,48-/m1/s1. The molecule has 5 heterocycles. The Labute approximate surface area is 455 Å². The number of carbonyl (C=O) groups excluding carboxylic acids is 5. The molecule has 0 spiro atoms. The normalized spacial score (nSPS) is 18.8. The molecule has 5 N–H and O–H groups in total. The van der Waals surface area contributed by atoms with E-state index in [1.165, 1.54) is 12.3 Å². The highest BCUT2D eigenvalue weighted by Gasteiger charge is 2.56. The first kappa shape index (κ1) is 59.2. The SMILES string of the molecule is COC(=O)N[C@H](C(=O)NN(Cc1c(F)cc(-c2ccccn2)cc1F)C[C@H](O)[C@H](Cc1ccc(C#Cc2ccc(N3CC4CC[C@H](C3)N4C(=O)[C@@H]3CCCO3)nc2)cc1)NC(=O)[C@@H](NC(=O)OC)C(C)(C)C(F)(F)F)C(C)(C)C. The number of fused-ring (bicyclic) bond motifs is 2. The van der Waals surface area contributed by atoms with Crippen LogP contribution in [0.25, 0.3) is 11.3 Å².